The van der Waals surface area contributed by atoms with E-state index in [1.54, 1.807) is 43.5 Å². The highest BCUT2D eigenvalue weighted by molar-refractivity contribution is 7.84. The molecule has 0 N–H and O–H groups in total. The van der Waals surface area contributed by atoms with Crippen molar-refractivity contribution in [3.8, 4) is 0 Å². The first kappa shape index (κ1) is 73.4. The van der Waals surface area contributed by atoms with Gasteiger partial charge in [0.25, 0.3) is 0 Å². The largest absolute Gasteiger partial charge is 0.242 e. The summed E-state index contributed by atoms with van der Waals surface area (Å²) in [5, 5.41) is 6.27. The summed E-state index contributed by atoms with van der Waals surface area (Å²) in [4.78, 5) is 0. The van der Waals surface area contributed by atoms with Crippen LogP contribution in [0.3, 0.4) is 0 Å². The summed E-state index contributed by atoms with van der Waals surface area (Å²) in [5.41, 5.74) is 7.51. The molecule has 5 rings (SSSR count). The number of benzene rings is 4. The SMILES string of the molecule is CCCCC(CCCC)(CCCC)c1ccc(P(c2ccc(C(CCCC)(CCCC)CCCC)cc2)N(C2CCCCC2)P(c2ccc(C(CCCC)(CCCC)CCCC)cc2)c2ccc(C(CCCC)(CCCC)CCCC)cc2)cc1. The molecule has 1 nitrogen and oxygen atoms in total. The van der Waals surface area contributed by atoms with Gasteiger partial charge in [0.2, 0.25) is 0 Å². The van der Waals surface area contributed by atoms with Gasteiger partial charge in [-0.25, -0.2) is 4.44 Å². The van der Waals surface area contributed by atoms with E-state index < -0.39 is 16.1 Å². The molecule has 0 bridgehead atoms. The standard InChI is InChI=1S/C82H135NP2/c1-13-25-58-79(59-26-14-2,60-27-15-3)70-42-50-75(51-43-70)84(76-52-44-71(45-53-76)80(61-28-16-4,62-29-17-5)63-30-18-6)83(74-40-38-37-39-41-74)85(77-54-46-72(47-55-77)81(64-31-19-7,65-32-20-8)66-33-21-9)78-56-48-73(49-57-78)82(67-34-22-10,68-35-23-11)69-36-24-12/h42-57,74H,13-41,58-69H2,1-12H3. The molecule has 1 fully saturated rings. The van der Waals surface area contributed by atoms with Gasteiger partial charge in [-0.2, -0.15) is 0 Å². The van der Waals surface area contributed by atoms with Crippen molar-refractivity contribution >= 4 is 37.4 Å². The van der Waals surface area contributed by atoms with E-state index in [0.717, 1.165) is 0 Å². The molecule has 4 aromatic carbocycles. The van der Waals surface area contributed by atoms with E-state index in [1.807, 2.05) is 0 Å². The Kier molecular flexibility index (Phi) is 34.9. The second-order valence-corrected chi connectivity index (χ2v) is 32.3. The average molecular weight is 1200 g/mol. The molecule has 3 heteroatoms. The van der Waals surface area contributed by atoms with E-state index in [2.05, 4.69) is 185 Å². The van der Waals surface area contributed by atoms with Crippen LogP contribution in [-0.2, 0) is 21.7 Å². The van der Waals surface area contributed by atoms with Crippen molar-refractivity contribution in [2.24, 2.45) is 0 Å². The molecule has 0 heterocycles. The van der Waals surface area contributed by atoms with Gasteiger partial charge in [0, 0.05) is 22.2 Å². The number of hydrogen-bond acceptors (Lipinski definition) is 1. The fourth-order valence-electron chi connectivity index (χ4n) is 15.7. The monoisotopic (exact) mass is 1200 g/mol. The van der Waals surface area contributed by atoms with Crippen LogP contribution in [0.4, 0.5) is 0 Å². The summed E-state index contributed by atoms with van der Waals surface area (Å²) in [7, 11) is -1.87. The summed E-state index contributed by atoms with van der Waals surface area (Å²) in [6.45, 7) is 29.0. The van der Waals surface area contributed by atoms with Crippen LogP contribution in [-0.4, -0.2) is 10.5 Å². The second kappa shape index (κ2) is 40.4. The fourth-order valence-corrected chi connectivity index (χ4v) is 22.1. The lowest BCUT2D eigenvalue weighted by molar-refractivity contribution is 0.309. The quantitative estimate of drug-likeness (QED) is 0.0399. The lowest BCUT2D eigenvalue weighted by atomic mass is 9.69. The minimum atomic E-state index is -0.933. The molecule has 0 saturated heterocycles. The Balaban J connectivity index is 1.91. The lowest BCUT2D eigenvalue weighted by Crippen LogP contribution is -2.40. The molecule has 0 aliphatic heterocycles. The summed E-state index contributed by atoms with van der Waals surface area (Å²) in [6, 6.07) is 43.8. The average Bonchev–Trinajstić information content (AvgIpc) is 1.65. The first-order chi connectivity index (χ1) is 41.6. The van der Waals surface area contributed by atoms with Crippen molar-refractivity contribution in [2.75, 3.05) is 0 Å². The van der Waals surface area contributed by atoms with Crippen molar-refractivity contribution in [1.82, 2.24) is 4.44 Å². The van der Waals surface area contributed by atoms with Crippen molar-refractivity contribution in [3.63, 3.8) is 0 Å². The molecular weight excluding hydrogens is 1060 g/mol. The molecule has 0 amide bonds. The van der Waals surface area contributed by atoms with Gasteiger partial charge in [-0.15, -0.1) is 0 Å². The Bertz CT molecular complexity index is 1890. The molecule has 1 aliphatic rings. The van der Waals surface area contributed by atoms with Crippen LogP contribution in [0.2, 0.25) is 0 Å². The van der Waals surface area contributed by atoms with Crippen LogP contribution < -0.4 is 21.2 Å². The first-order valence-electron chi connectivity index (χ1n) is 37.4. The van der Waals surface area contributed by atoms with Crippen LogP contribution in [0.15, 0.2) is 97.1 Å². The molecular formula is C82H135NP2. The zero-order chi connectivity index (χ0) is 61.2. The van der Waals surface area contributed by atoms with Gasteiger partial charge in [0.15, 0.2) is 0 Å². The predicted octanol–water partition coefficient (Wildman–Crippen LogP) is 26.0. The van der Waals surface area contributed by atoms with E-state index in [4.69, 9.17) is 0 Å². The zero-order valence-corrected chi connectivity index (χ0v) is 59.9. The molecule has 0 radical (unpaired) electrons. The highest BCUT2D eigenvalue weighted by Crippen LogP contribution is 2.59. The first-order valence-corrected chi connectivity index (χ1v) is 40.0. The predicted molar refractivity (Wildman–Crippen MR) is 388 cm³/mol. The summed E-state index contributed by atoms with van der Waals surface area (Å²) in [5.74, 6) is 0. The van der Waals surface area contributed by atoms with Crippen LogP contribution in [0.25, 0.3) is 0 Å². The number of rotatable bonds is 47. The Hall–Kier alpha value is -2.30. The molecule has 4 aromatic rings. The maximum atomic E-state index is 3.30. The third-order valence-corrected chi connectivity index (χ3v) is 27.0. The minimum absolute atomic E-state index is 0.254. The van der Waals surface area contributed by atoms with Gasteiger partial charge in [-0.3, -0.25) is 0 Å². The third-order valence-electron chi connectivity index (χ3n) is 21.3. The van der Waals surface area contributed by atoms with Gasteiger partial charge in [-0.05, 0) is 155 Å². The number of hydrogen-bond donors (Lipinski definition) is 0. The van der Waals surface area contributed by atoms with Crippen molar-refractivity contribution in [3.05, 3.63) is 119 Å². The van der Waals surface area contributed by atoms with Crippen molar-refractivity contribution in [2.45, 2.75) is 374 Å². The molecule has 1 aliphatic carbocycles. The lowest BCUT2D eigenvalue weighted by Gasteiger charge is -2.46. The molecule has 0 spiro atoms. The van der Waals surface area contributed by atoms with Gasteiger partial charge < -0.3 is 0 Å². The van der Waals surface area contributed by atoms with Crippen molar-refractivity contribution < 1.29 is 0 Å². The Morgan fingerprint density at radius 2 is 0.424 bits per heavy atom. The second-order valence-electron chi connectivity index (χ2n) is 27.8. The summed E-state index contributed by atoms with van der Waals surface area (Å²) < 4.78 is 3.30. The van der Waals surface area contributed by atoms with Crippen molar-refractivity contribution in [1.29, 1.82) is 0 Å². The highest BCUT2D eigenvalue weighted by Gasteiger charge is 2.41. The fraction of sp³-hybridized carbons (Fsp3) is 0.707. The molecule has 1 saturated carbocycles. The van der Waals surface area contributed by atoms with E-state index >= 15 is 0 Å². The van der Waals surface area contributed by atoms with Gasteiger partial charge in [-0.1, -0.05) is 354 Å². The zero-order valence-electron chi connectivity index (χ0n) is 58.1. The number of nitrogens with zero attached hydrogens (tertiary/aromatic N) is 1. The summed E-state index contributed by atoms with van der Waals surface area (Å²) in [6.07, 6.45) is 53.4. The van der Waals surface area contributed by atoms with Crippen LogP contribution >= 0.6 is 16.1 Å². The third kappa shape index (κ3) is 20.9. The Morgan fingerprint density at radius 1 is 0.259 bits per heavy atom. The molecule has 0 unspecified atom stereocenters. The van der Waals surface area contributed by atoms with Crippen LogP contribution in [0.5, 0.6) is 0 Å². The molecule has 85 heavy (non-hydrogen) atoms. The van der Waals surface area contributed by atoms with Crippen LogP contribution in [0, 0.1) is 0 Å². The van der Waals surface area contributed by atoms with E-state index in [1.165, 1.54) is 263 Å². The maximum Gasteiger partial charge on any atom is 0.0325 e. The minimum Gasteiger partial charge on any atom is -0.242 e. The topological polar surface area (TPSA) is 3.24 Å². The van der Waals surface area contributed by atoms with E-state index in [0.29, 0.717) is 6.04 Å². The maximum absolute atomic E-state index is 3.30. The van der Waals surface area contributed by atoms with Gasteiger partial charge in [0.1, 0.15) is 0 Å². The molecule has 0 atom stereocenters. The normalized spacial score (nSPS) is 14.0. The van der Waals surface area contributed by atoms with Gasteiger partial charge in [0.05, 0.1) is 0 Å². The highest BCUT2D eigenvalue weighted by atomic mass is 31.2. The summed E-state index contributed by atoms with van der Waals surface area (Å²) >= 11 is 0. The van der Waals surface area contributed by atoms with E-state index in [-0.39, 0.29) is 21.7 Å². The molecule has 0 aromatic heterocycles. The molecule has 478 valence electrons. The smallest absolute Gasteiger partial charge is 0.0325 e. The van der Waals surface area contributed by atoms with Gasteiger partial charge >= 0.3 is 0 Å². The van der Waals surface area contributed by atoms with Crippen LogP contribution in [0.1, 0.15) is 369 Å². The Morgan fingerprint density at radius 3 is 0.576 bits per heavy atom. The number of unbranched alkanes of at least 4 members (excludes halogenated alkanes) is 12. The van der Waals surface area contributed by atoms with E-state index in [9.17, 15) is 0 Å². The Labute approximate surface area is 532 Å².